The standard InChI is InChI=1S/C9H13F2N3/c10-9(11)3-1-8(12,2-4-9)7-13-5-6-14-7/h5-6H,1-4,12H2,(H,13,14). The van der Waals surface area contributed by atoms with Crippen LogP contribution >= 0.6 is 0 Å². The summed E-state index contributed by atoms with van der Waals surface area (Å²) in [6.07, 6.45) is 3.53. The molecular formula is C9H13F2N3. The van der Waals surface area contributed by atoms with Gasteiger partial charge in [-0.3, -0.25) is 0 Å². The van der Waals surface area contributed by atoms with Crippen molar-refractivity contribution in [1.29, 1.82) is 0 Å². The molecule has 1 aliphatic carbocycles. The average molecular weight is 201 g/mol. The number of hydrogen-bond donors (Lipinski definition) is 2. The van der Waals surface area contributed by atoms with Gasteiger partial charge in [0.1, 0.15) is 5.82 Å². The van der Waals surface area contributed by atoms with Crippen molar-refractivity contribution in [1.82, 2.24) is 9.97 Å². The third-order valence-corrected chi connectivity index (χ3v) is 2.84. The minimum Gasteiger partial charge on any atom is -0.347 e. The van der Waals surface area contributed by atoms with E-state index in [4.69, 9.17) is 5.73 Å². The van der Waals surface area contributed by atoms with Crippen LogP contribution in [0.5, 0.6) is 0 Å². The molecule has 14 heavy (non-hydrogen) atoms. The van der Waals surface area contributed by atoms with Gasteiger partial charge >= 0.3 is 0 Å². The smallest absolute Gasteiger partial charge is 0.248 e. The molecule has 3 nitrogen and oxygen atoms in total. The van der Waals surface area contributed by atoms with Crippen LogP contribution in [0.2, 0.25) is 0 Å². The Morgan fingerprint density at radius 3 is 2.43 bits per heavy atom. The number of aromatic amines is 1. The molecule has 0 spiro atoms. The molecule has 0 saturated heterocycles. The Hall–Kier alpha value is -0.970. The van der Waals surface area contributed by atoms with Crippen molar-refractivity contribution in [3.63, 3.8) is 0 Å². The number of H-pyrrole nitrogens is 1. The van der Waals surface area contributed by atoms with Gasteiger partial charge in [0.15, 0.2) is 0 Å². The highest BCUT2D eigenvalue weighted by Gasteiger charge is 2.43. The summed E-state index contributed by atoms with van der Waals surface area (Å²) in [5, 5.41) is 0. The fourth-order valence-electron chi connectivity index (χ4n) is 1.84. The maximum atomic E-state index is 12.9. The second kappa shape index (κ2) is 3.02. The van der Waals surface area contributed by atoms with Gasteiger partial charge in [-0.2, -0.15) is 0 Å². The van der Waals surface area contributed by atoms with Crippen LogP contribution in [0.4, 0.5) is 8.78 Å². The van der Waals surface area contributed by atoms with Gasteiger partial charge < -0.3 is 10.7 Å². The van der Waals surface area contributed by atoms with Crippen LogP contribution in [0.3, 0.4) is 0 Å². The molecule has 0 aromatic carbocycles. The lowest BCUT2D eigenvalue weighted by molar-refractivity contribution is -0.0523. The maximum Gasteiger partial charge on any atom is 0.248 e. The van der Waals surface area contributed by atoms with E-state index in [0.29, 0.717) is 5.82 Å². The molecule has 1 aromatic rings. The average Bonchev–Trinajstić information content (AvgIpc) is 2.64. The molecule has 5 heteroatoms. The molecule has 1 fully saturated rings. The zero-order chi connectivity index (χ0) is 10.2. The molecule has 1 aromatic heterocycles. The highest BCUT2D eigenvalue weighted by atomic mass is 19.3. The van der Waals surface area contributed by atoms with E-state index in [1.807, 2.05) is 0 Å². The molecule has 3 N–H and O–H groups in total. The van der Waals surface area contributed by atoms with Crippen molar-refractivity contribution in [3.05, 3.63) is 18.2 Å². The van der Waals surface area contributed by atoms with Gasteiger partial charge in [-0.05, 0) is 12.8 Å². The van der Waals surface area contributed by atoms with Crippen molar-refractivity contribution in [2.24, 2.45) is 5.73 Å². The topological polar surface area (TPSA) is 54.7 Å². The summed E-state index contributed by atoms with van der Waals surface area (Å²) in [6.45, 7) is 0. The van der Waals surface area contributed by atoms with Gasteiger partial charge in [0.2, 0.25) is 5.92 Å². The molecule has 0 amide bonds. The number of hydrogen-bond acceptors (Lipinski definition) is 2. The number of aromatic nitrogens is 2. The van der Waals surface area contributed by atoms with Crippen LogP contribution in [0, 0.1) is 0 Å². The Kier molecular flexibility index (Phi) is 2.06. The van der Waals surface area contributed by atoms with Crippen LogP contribution in [0.1, 0.15) is 31.5 Å². The van der Waals surface area contributed by atoms with Crippen LogP contribution in [-0.4, -0.2) is 15.9 Å². The summed E-state index contributed by atoms with van der Waals surface area (Å²) < 4.78 is 25.8. The molecule has 0 unspecified atom stereocenters. The van der Waals surface area contributed by atoms with Crippen molar-refractivity contribution < 1.29 is 8.78 Å². The van der Waals surface area contributed by atoms with Crippen LogP contribution < -0.4 is 5.73 Å². The van der Waals surface area contributed by atoms with Crippen molar-refractivity contribution in [2.75, 3.05) is 0 Å². The van der Waals surface area contributed by atoms with E-state index in [1.165, 1.54) is 0 Å². The number of imidazole rings is 1. The molecule has 0 aliphatic heterocycles. The quantitative estimate of drug-likeness (QED) is 0.727. The summed E-state index contributed by atoms with van der Waals surface area (Å²) in [6, 6.07) is 0. The molecule has 2 rings (SSSR count). The molecule has 1 heterocycles. The number of halogens is 2. The molecule has 1 aliphatic rings. The lowest BCUT2D eigenvalue weighted by atomic mass is 9.80. The van der Waals surface area contributed by atoms with E-state index in [-0.39, 0.29) is 25.7 Å². The predicted octanol–water partition coefficient (Wildman–Crippen LogP) is 1.77. The summed E-state index contributed by atoms with van der Waals surface area (Å²) in [7, 11) is 0. The second-order valence-corrected chi connectivity index (χ2v) is 3.95. The summed E-state index contributed by atoms with van der Waals surface area (Å²) in [4.78, 5) is 6.93. The third kappa shape index (κ3) is 1.64. The predicted molar refractivity (Wildman–Crippen MR) is 47.9 cm³/mol. The van der Waals surface area contributed by atoms with Crippen molar-refractivity contribution >= 4 is 0 Å². The highest BCUT2D eigenvalue weighted by Crippen LogP contribution is 2.40. The number of nitrogens with zero attached hydrogens (tertiary/aromatic N) is 1. The number of nitrogens with two attached hydrogens (primary N) is 1. The Bertz CT molecular complexity index is 298. The Morgan fingerprint density at radius 1 is 1.29 bits per heavy atom. The largest absolute Gasteiger partial charge is 0.347 e. The summed E-state index contributed by atoms with van der Waals surface area (Å²) in [5.41, 5.74) is 5.33. The fraction of sp³-hybridized carbons (Fsp3) is 0.667. The molecule has 0 bridgehead atoms. The maximum absolute atomic E-state index is 12.9. The first-order valence-corrected chi connectivity index (χ1v) is 4.68. The first kappa shape index (κ1) is 9.58. The molecule has 0 radical (unpaired) electrons. The minimum absolute atomic E-state index is 0.149. The van der Waals surface area contributed by atoms with Gasteiger partial charge in [0.25, 0.3) is 0 Å². The Labute approximate surface area is 80.7 Å². The minimum atomic E-state index is -2.55. The van der Waals surface area contributed by atoms with Crippen LogP contribution in [0.15, 0.2) is 12.4 Å². The Balaban J connectivity index is 2.13. The SMILES string of the molecule is NC1(c2ncc[nH]2)CCC(F)(F)CC1. The van der Waals surface area contributed by atoms with E-state index in [9.17, 15) is 8.78 Å². The number of alkyl halides is 2. The zero-order valence-electron chi connectivity index (χ0n) is 7.76. The van der Waals surface area contributed by atoms with E-state index in [2.05, 4.69) is 9.97 Å². The van der Waals surface area contributed by atoms with Gasteiger partial charge in [-0.25, -0.2) is 13.8 Å². The van der Waals surface area contributed by atoms with Crippen molar-refractivity contribution in [2.45, 2.75) is 37.1 Å². The monoisotopic (exact) mass is 201 g/mol. The molecule has 1 saturated carbocycles. The van der Waals surface area contributed by atoms with E-state index in [0.717, 1.165) is 0 Å². The Morgan fingerprint density at radius 2 is 1.93 bits per heavy atom. The van der Waals surface area contributed by atoms with Crippen molar-refractivity contribution in [3.8, 4) is 0 Å². The van der Waals surface area contributed by atoms with E-state index < -0.39 is 11.5 Å². The fourth-order valence-corrected chi connectivity index (χ4v) is 1.84. The normalized spacial score (nSPS) is 24.8. The van der Waals surface area contributed by atoms with Crippen LogP contribution in [-0.2, 0) is 5.54 Å². The first-order valence-electron chi connectivity index (χ1n) is 4.68. The molecule has 78 valence electrons. The second-order valence-electron chi connectivity index (χ2n) is 3.95. The van der Waals surface area contributed by atoms with Gasteiger partial charge in [-0.1, -0.05) is 0 Å². The lowest BCUT2D eigenvalue weighted by Crippen LogP contribution is -2.44. The summed E-state index contributed by atoms with van der Waals surface area (Å²) >= 11 is 0. The third-order valence-electron chi connectivity index (χ3n) is 2.84. The van der Waals surface area contributed by atoms with Gasteiger partial charge in [-0.15, -0.1) is 0 Å². The molecular weight excluding hydrogens is 188 g/mol. The number of rotatable bonds is 1. The molecule has 0 atom stereocenters. The zero-order valence-corrected chi connectivity index (χ0v) is 7.76. The van der Waals surface area contributed by atoms with Gasteiger partial charge in [0.05, 0.1) is 5.54 Å². The van der Waals surface area contributed by atoms with E-state index in [1.54, 1.807) is 12.4 Å². The van der Waals surface area contributed by atoms with E-state index >= 15 is 0 Å². The van der Waals surface area contributed by atoms with Gasteiger partial charge in [0, 0.05) is 25.2 Å². The lowest BCUT2D eigenvalue weighted by Gasteiger charge is -2.35. The van der Waals surface area contributed by atoms with Crippen LogP contribution in [0.25, 0.3) is 0 Å². The first-order chi connectivity index (χ1) is 6.52. The highest BCUT2D eigenvalue weighted by molar-refractivity contribution is 5.07. The number of nitrogens with one attached hydrogen (secondary N) is 1. The summed E-state index contributed by atoms with van der Waals surface area (Å²) in [5.74, 6) is -1.93.